The van der Waals surface area contributed by atoms with E-state index >= 15 is 0 Å². The van der Waals surface area contributed by atoms with E-state index in [0.29, 0.717) is 10.7 Å². The van der Waals surface area contributed by atoms with Crippen molar-refractivity contribution in [2.45, 2.75) is 11.1 Å². The molecule has 0 aliphatic heterocycles. The summed E-state index contributed by atoms with van der Waals surface area (Å²) in [6.45, 7) is 0. The number of anilines is 2. The molecule has 130 valence electrons. The van der Waals surface area contributed by atoms with Gasteiger partial charge in [0, 0.05) is 19.1 Å². The molecular formula is C15H14ClF3N2O2S. The highest BCUT2D eigenvalue weighted by atomic mass is 35.5. The Bertz CT molecular complexity index is 835. The van der Waals surface area contributed by atoms with Gasteiger partial charge >= 0.3 is 6.18 Å². The van der Waals surface area contributed by atoms with Gasteiger partial charge in [0.1, 0.15) is 0 Å². The Morgan fingerprint density at radius 1 is 1.04 bits per heavy atom. The van der Waals surface area contributed by atoms with Gasteiger partial charge in [0.05, 0.1) is 21.8 Å². The lowest BCUT2D eigenvalue weighted by atomic mass is 10.2. The highest BCUT2D eigenvalue weighted by Crippen LogP contribution is 2.32. The van der Waals surface area contributed by atoms with Crippen LogP contribution in [0.1, 0.15) is 5.56 Å². The van der Waals surface area contributed by atoms with Crippen molar-refractivity contribution in [3.8, 4) is 0 Å². The molecule has 0 aromatic heterocycles. The molecule has 1 N–H and O–H groups in total. The van der Waals surface area contributed by atoms with E-state index in [2.05, 4.69) is 4.72 Å². The highest BCUT2D eigenvalue weighted by Gasteiger charge is 2.30. The van der Waals surface area contributed by atoms with Gasteiger partial charge in [0.25, 0.3) is 10.0 Å². The molecule has 2 aromatic carbocycles. The molecule has 0 atom stereocenters. The first-order chi connectivity index (χ1) is 11.0. The molecule has 0 spiro atoms. The highest BCUT2D eigenvalue weighted by molar-refractivity contribution is 7.92. The third-order valence-corrected chi connectivity index (χ3v) is 4.79. The molecule has 0 unspecified atom stereocenters. The summed E-state index contributed by atoms with van der Waals surface area (Å²) in [4.78, 5) is 1.40. The second kappa shape index (κ2) is 6.52. The summed E-state index contributed by atoms with van der Waals surface area (Å²) in [6.07, 6.45) is -4.53. The molecule has 24 heavy (non-hydrogen) atoms. The molecule has 2 aromatic rings. The standard InChI is InChI=1S/C15H14ClF3N2O2S/c1-21(2)14-8-5-11(16)9-13(14)20-24(22,23)12-6-3-10(4-7-12)15(17,18)19/h3-9,20H,1-2H3. The van der Waals surface area contributed by atoms with Crippen LogP contribution in [0.5, 0.6) is 0 Å². The minimum atomic E-state index is -4.53. The third-order valence-electron chi connectivity index (χ3n) is 3.18. The zero-order valence-corrected chi connectivity index (χ0v) is 14.3. The molecule has 0 aliphatic carbocycles. The predicted molar refractivity (Wildman–Crippen MR) is 88.0 cm³/mol. The van der Waals surface area contributed by atoms with E-state index in [9.17, 15) is 21.6 Å². The molecule has 9 heteroatoms. The first-order valence-corrected chi connectivity index (χ1v) is 8.54. The van der Waals surface area contributed by atoms with Crippen LogP contribution in [-0.4, -0.2) is 22.5 Å². The lowest BCUT2D eigenvalue weighted by molar-refractivity contribution is -0.137. The molecule has 2 rings (SSSR count). The summed E-state index contributed by atoms with van der Waals surface area (Å²) in [5.41, 5.74) is -0.125. The van der Waals surface area contributed by atoms with E-state index in [1.54, 1.807) is 31.1 Å². The van der Waals surface area contributed by atoms with Gasteiger partial charge in [-0.2, -0.15) is 13.2 Å². The topological polar surface area (TPSA) is 49.4 Å². The number of halogens is 4. The number of rotatable bonds is 4. The van der Waals surface area contributed by atoms with Crippen LogP contribution in [0.4, 0.5) is 24.5 Å². The average Bonchev–Trinajstić information content (AvgIpc) is 2.45. The van der Waals surface area contributed by atoms with Gasteiger partial charge in [-0.05, 0) is 42.5 Å². The fraction of sp³-hybridized carbons (Fsp3) is 0.200. The summed E-state index contributed by atoms with van der Waals surface area (Å²) >= 11 is 5.89. The molecule has 4 nitrogen and oxygen atoms in total. The monoisotopic (exact) mass is 378 g/mol. The summed E-state index contributed by atoms with van der Waals surface area (Å²) < 4.78 is 64.8. The van der Waals surface area contributed by atoms with Crippen molar-refractivity contribution in [3.05, 3.63) is 53.1 Å². The number of alkyl halides is 3. The number of sulfonamides is 1. The second-order valence-electron chi connectivity index (χ2n) is 5.18. The van der Waals surface area contributed by atoms with E-state index in [1.165, 1.54) is 6.07 Å². The van der Waals surface area contributed by atoms with Gasteiger partial charge in [-0.15, -0.1) is 0 Å². The first kappa shape index (κ1) is 18.4. The number of benzene rings is 2. The van der Waals surface area contributed by atoms with Crippen LogP contribution in [-0.2, 0) is 16.2 Å². The zero-order valence-electron chi connectivity index (χ0n) is 12.7. The summed E-state index contributed by atoms with van der Waals surface area (Å²) in [6, 6.07) is 7.92. The fourth-order valence-corrected chi connectivity index (χ4v) is 3.24. The minimum absolute atomic E-state index is 0.229. The summed E-state index contributed by atoms with van der Waals surface area (Å²) in [5, 5.41) is 0.325. The van der Waals surface area contributed by atoms with Crippen molar-refractivity contribution >= 4 is 33.0 Å². The van der Waals surface area contributed by atoms with Crippen LogP contribution in [0.2, 0.25) is 5.02 Å². The van der Waals surface area contributed by atoms with E-state index in [-0.39, 0.29) is 10.6 Å². The van der Waals surface area contributed by atoms with Crippen molar-refractivity contribution < 1.29 is 21.6 Å². The minimum Gasteiger partial charge on any atom is -0.376 e. The van der Waals surface area contributed by atoms with Gasteiger partial charge in [0.15, 0.2) is 0 Å². The van der Waals surface area contributed by atoms with Crippen molar-refractivity contribution in [2.24, 2.45) is 0 Å². The fourth-order valence-electron chi connectivity index (χ4n) is 2.01. The maximum absolute atomic E-state index is 12.6. The number of nitrogens with zero attached hydrogens (tertiary/aromatic N) is 1. The summed E-state index contributed by atoms with van der Waals surface area (Å²) in [5.74, 6) is 0. The first-order valence-electron chi connectivity index (χ1n) is 6.67. The second-order valence-corrected chi connectivity index (χ2v) is 7.30. The van der Waals surface area contributed by atoms with Gasteiger partial charge in [0.2, 0.25) is 0 Å². The molecule has 0 radical (unpaired) electrons. The Morgan fingerprint density at radius 2 is 1.62 bits per heavy atom. The van der Waals surface area contributed by atoms with Crippen LogP contribution in [0.15, 0.2) is 47.4 Å². The maximum atomic E-state index is 12.6. The van der Waals surface area contributed by atoms with Gasteiger partial charge in [-0.3, -0.25) is 4.72 Å². The lowest BCUT2D eigenvalue weighted by Gasteiger charge is -2.19. The SMILES string of the molecule is CN(C)c1ccc(Cl)cc1NS(=O)(=O)c1ccc(C(F)(F)F)cc1. The zero-order chi connectivity index (χ0) is 18.1. The molecule has 0 fully saturated rings. The van der Waals surface area contributed by atoms with E-state index in [1.807, 2.05) is 0 Å². The van der Waals surface area contributed by atoms with Gasteiger partial charge in [-0.25, -0.2) is 8.42 Å². The van der Waals surface area contributed by atoms with Crippen LogP contribution in [0.3, 0.4) is 0 Å². The van der Waals surface area contributed by atoms with Crippen LogP contribution in [0.25, 0.3) is 0 Å². The molecule has 0 saturated heterocycles. The van der Waals surface area contributed by atoms with Crippen LogP contribution >= 0.6 is 11.6 Å². The number of hydrogen-bond acceptors (Lipinski definition) is 3. The van der Waals surface area contributed by atoms with Gasteiger partial charge < -0.3 is 4.90 Å². The van der Waals surface area contributed by atoms with Crippen molar-refractivity contribution in [3.63, 3.8) is 0 Å². The normalized spacial score (nSPS) is 12.1. The Labute approximate surface area is 142 Å². The number of hydrogen-bond donors (Lipinski definition) is 1. The number of nitrogens with one attached hydrogen (secondary N) is 1. The molecule has 0 heterocycles. The van der Waals surface area contributed by atoms with E-state index in [4.69, 9.17) is 11.6 Å². The molecular weight excluding hydrogens is 365 g/mol. The Morgan fingerprint density at radius 3 is 2.12 bits per heavy atom. The Hall–Kier alpha value is -1.93. The maximum Gasteiger partial charge on any atom is 0.416 e. The van der Waals surface area contributed by atoms with E-state index < -0.39 is 21.8 Å². The van der Waals surface area contributed by atoms with Crippen molar-refractivity contribution in [1.82, 2.24) is 0 Å². The van der Waals surface area contributed by atoms with E-state index in [0.717, 1.165) is 24.3 Å². The quantitative estimate of drug-likeness (QED) is 0.866. The van der Waals surface area contributed by atoms with Crippen LogP contribution < -0.4 is 9.62 Å². The van der Waals surface area contributed by atoms with Gasteiger partial charge in [-0.1, -0.05) is 11.6 Å². The molecule has 0 amide bonds. The largest absolute Gasteiger partial charge is 0.416 e. The molecule has 0 saturated carbocycles. The average molecular weight is 379 g/mol. The molecule has 0 aliphatic rings. The third kappa shape index (κ3) is 4.12. The predicted octanol–water partition coefficient (Wildman–Crippen LogP) is 4.23. The lowest BCUT2D eigenvalue weighted by Crippen LogP contribution is -2.17. The van der Waals surface area contributed by atoms with Crippen LogP contribution in [0, 0.1) is 0 Å². The van der Waals surface area contributed by atoms with Crippen molar-refractivity contribution in [2.75, 3.05) is 23.7 Å². The Balaban J connectivity index is 2.37. The smallest absolute Gasteiger partial charge is 0.376 e. The summed E-state index contributed by atoms with van der Waals surface area (Å²) in [7, 11) is -0.608. The molecule has 0 bridgehead atoms. The van der Waals surface area contributed by atoms with Crippen molar-refractivity contribution in [1.29, 1.82) is 0 Å². The Kier molecular flexibility index (Phi) is 5.00.